The molecule has 0 saturated carbocycles. The van der Waals surface area contributed by atoms with Gasteiger partial charge in [0.15, 0.2) is 11.0 Å². The van der Waals surface area contributed by atoms with Gasteiger partial charge in [0.1, 0.15) is 5.82 Å². The third-order valence-corrected chi connectivity index (χ3v) is 3.52. The number of aromatic nitrogens is 3. The number of halogens is 1. The van der Waals surface area contributed by atoms with E-state index in [0.717, 1.165) is 15.3 Å². The molecule has 0 atom stereocenters. The van der Waals surface area contributed by atoms with Crippen LogP contribution in [0.2, 0.25) is 0 Å². The Labute approximate surface area is 112 Å². The van der Waals surface area contributed by atoms with Crippen LogP contribution in [0.3, 0.4) is 0 Å². The molecule has 0 saturated heterocycles. The largest absolute Gasteiger partial charge is 0.361 e. The molecule has 7 heteroatoms. The van der Waals surface area contributed by atoms with Crippen LogP contribution in [0, 0.1) is 12.7 Å². The lowest BCUT2D eigenvalue weighted by Crippen LogP contribution is -2.05. The van der Waals surface area contributed by atoms with E-state index in [9.17, 15) is 4.39 Å². The predicted octanol–water partition coefficient (Wildman–Crippen LogP) is 2.78. The molecule has 0 amide bonds. The molecule has 3 aromatic rings. The number of thiazole rings is 1. The Morgan fingerprint density at radius 3 is 3.05 bits per heavy atom. The fourth-order valence-electron chi connectivity index (χ4n) is 1.70. The van der Waals surface area contributed by atoms with Crippen molar-refractivity contribution >= 4 is 26.7 Å². The monoisotopic (exact) mass is 278 g/mol. The van der Waals surface area contributed by atoms with Gasteiger partial charge >= 0.3 is 0 Å². The molecule has 3 rings (SSSR count). The zero-order valence-corrected chi connectivity index (χ0v) is 11.0. The highest BCUT2D eigenvalue weighted by Crippen LogP contribution is 2.26. The van der Waals surface area contributed by atoms with Gasteiger partial charge in [-0.2, -0.15) is 4.98 Å². The van der Waals surface area contributed by atoms with Crippen LogP contribution in [0.5, 0.6) is 0 Å². The highest BCUT2D eigenvalue weighted by molar-refractivity contribution is 7.22. The number of nitrogens with zero attached hydrogens (tertiary/aromatic N) is 3. The molecular formula is C12H11FN4OS. The minimum Gasteiger partial charge on any atom is -0.361 e. The zero-order chi connectivity index (χ0) is 13.2. The lowest BCUT2D eigenvalue weighted by molar-refractivity contribution is 0.387. The number of hydrogen-bond donors (Lipinski definition) is 1. The van der Waals surface area contributed by atoms with Gasteiger partial charge in [0.25, 0.3) is 0 Å². The average Bonchev–Trinajstić information content (AvgIpc) is 2.95. The Bertz CT molecular complexity index is 709. The Kier molecular flexibility index (Phi) is 3.12. The molecule has 5 nitrogen and oxygen atoms in total. The van der Waals surface area contributed by atoms with E-state index in [1.165, 1.54) is 23.5 Å². The first-order valence-corrected chi connectivity index (χ1v) is 6.61. The molecule has 0 aliphatic carbocycles. The van der Waals surface area contributed by atoms with Crippen LogP contribution in [0.25, 0.3) is 10.2 Å². The van der Waals surface area contributed by atoms with Gasteiger partial charge in [0.05, 0.1) is 10.2 Å². The van der Waals surface area contributed by atoms with Gasteiger partial charge in [-0.3, -0.25) is 0 Å². The lowest BCUT2D eigenvalue weighted by Gasteiger charge is -1.97. The first-order chi connectivity index (χ1) is 9.20. The Morgan fingerprint density at radius 2 is 2.26 bits per heavy atom. The van der Waals surface area contributed by atoms with E-state index < -0.39 is 0 Å². The second kappa shape index (κ2) is 4.93. The van der Waals surface area contributed by atoms with Crippen LogP contribution in [-0.2, 0) is 6.42 Å². The second-order valence-electron chi connectivity index (χ2n) is 4.04. The van der Waals surface area contributed by atoms with E-state index in [1.807, 2.05) is 0 Å². The van der Waals surface area contributed by atoms with Crippen molar-refractivity contribution in [3.63, 3.8) is 0 Å². The van der Waals surface area contributed by atoms with Crippen LogP contribution < -0.4 is 5.32 Å². The summed E-state index contributed by atoms with van der Waals surface area (Å²) in [6.07, 6.45) is 0.654. The Balaban J connectivity index is 1.65. The van der Waals surface area contributed by atoms with Crippen molar-refractivity contribution in [1.29, 1.82) is 0 Å². The molecule has 1 N–H and O–H groups in total. The van der Waals surface area contributed by atoms with Gasteiger partial charge in [-0.05, 0) is 18.2 Å². The summed E-state index contributed by atoms with van der Waals surface area (Å²) in [7, 11) is 0. The number of aryl methyl sites for hydroxylation is 1. The van der Waals surface area contributed by atoms with Crippen molar-refractivity contribution in [1.82, 2.24) is 15.1 Å². The summed E-state index contributed by atoms with van der Waals surface area (Å²) in [5, 5.41) is 7.75. The van der Waals surface area contributed by atoms with Crippen molar-refractivity contribution in [2.75, 3.05) is 11.9 Å². The number of hydrogen-bond acceptors (Lipinski definition) is 6. The minimum absolute atomic E-state index is 0.245. The smallest absolute Gasteiger partial charge is 0.223 e. The molecule has 0 bridgehead atoms. The standard InChI is InChI=1S/C12H11FN4OS/c1-7-15-11(17-18-7)4-5-14-12-16-9-3-2-8(13)6-10(9)19-12/h2-3,6H,4-5H2,1H3,(H,14,16). The van der Waals surface area contributed by atoms with Crippen LogP contribution in [0.1, 0.15) is 11.7 Å². The highest BCUT2D eigenvalue weighted by Gasteiger charge is 2.06. The quantitative estimate of drug-likeness (QED) is 0.795. The van der Waals surface area contributed by atoms with Crippen LogP contribution >= 0.6 is 11.3 Å². The van der Waals surface area contributed by atoms with E-state index in [-0.39, 0.29) is 5.82 Å². The number of fused-ring (bicyclic) bond motifs is 1. The van der Waals surface area contributed by atoms with Gasteiger partial charge in [-0.15, -0.1) is 0 Å². The molecule has 19 heavy (non-hydrogen) atoms. The van der Waals surface area contributed by atoms with Gasteiger partial charge < -0.3 is 9.84 Å². The summed E-state index contributed by atoms with van der Waals surface area (Å²) in [5.74, 6) is 0.979. The summed E-state index contributed by atoms with van der Waals surface area (Å²) >= 11 is 1.43. The van der Waals surface area contributed by atoms with Crippen molar-refractivity contribution < 1.29 is 8.91 Å². The van der Waals surface area contributed by atoms with Crippen molar-refractivity contribution in [2.24, 2.45) is 0 Å². The van der Waals surface area contributed by atoms with E-state index in [1.54, 1.807) is 13.0 Å². The minimum atomic E-state index is -0.245. The number of benzene rings is 1. The molecule has 0 fully saturated rings. The highest BCUT2D eigenvalue weighted by atomic mass is 32.1. The fourth-order valence-corrected chi connectivity index (χ4v) is 2.61. The normalized spacial score (nSPS) is 11.1. The van der Waals surface area contributed by atoms with Gasteiger partial charge in [0.2, 0.25) is 5.89 Å². The van der Waals surface area contributed by atoms with Crippen molar-refractivity contribution in [3.05, 3.63) is 35.7 Å². The van der Waals surface area contributed by atoms with E-state index in [4.69, 9.17) is 4.52 Å². The first-order valence-electron chi connectivity index (χ1n) is 5.80. The van der Waals surface area contributed by atoms with Crippen LogP contribution in [0.15, 0.2) is 22.7 Å². The Hall–Kier alpha value is -2.02. The van der Waals surface area contributed by atoms with E-state index in [2.05, 4.69) is 20.4 Å². The molecule has 0 unspecified atom stereocenters. The molecule has 0 aliphatic heterocycles. The molecule has 0 spiro atoms. The zero-order valence-electron chi connectivity index (χ0n) is 10.2. The van der Waals surface area contributed by atoms with E-state index in [0.29, 0.717) is 24.7 Å². The second-order valence-corrected chi connectivity index (χ2v) is 5.07. The summed E-state index contributed by atoms with van der Waals surface area (Å²) < 4.78 is 18.8. The Morgan fingerprint density at radius 1 is 1.37 bits per heavy atom. The lowest BCUT2D eigenvalue weighted by atomic mass is 10.3. The summed E-state index contributed by atoms with van der Waals surface area (Å²) in [5.41, 5.74) is 0.796. The molecular weight excluding hydrogens is 267 g/mol. The van der Waals surface area contributed by atoms with Crippen LogP contribution in [0.4, 0.5) is 9.52 Å². The predicted molar refractivity (Wildman–Crippen MR) is 70.8 cm³/mol. The molecule has 0 aliphatic rings. The van der Waals surface area contributed by atoms with Gasteiger partial charge in [-0.25, -0.2) is 9.37 Å². The fraction of sp³-hybridized carbons (Fsp3) is 0.250. The molecule has 98 valence electrons. The van der Waals surface area contributed by atoms with Crippen molar-refractivity contribution in [2.45, 2.75) is 13.3 Å². The summed E-state index contributed by atoms with van der Waals surface area (Å²) in [6.45, 7) is 2.41. The van der Waals surface area contributed by atoms with Gasteiger partial charge in [-0.1, -0.05) is 16.5 Å². The topological polar surface area (TPSA) is 63.8 Å². The summed E-state index contributed by atoms with van der Waals surface area (Å²) in [4.78, 5) is 8.48. The number of rotatable bonds is 4. The average molecular weight is 278 g/mol. The maximum absolute atomic E-state index is 13.1. The van der Waals surface area contributed by atoms with Crippen LogP contribution in [-0.4, -0.2) is 21.7 Å². The maximum Gasteiger partial charge on any atom is 0.223 e. The number of anilines is 1. The maximum atomic E-state index is 13.1. The molecule has 2 heterocycles. The SMILES string of the molecule is Cc1nc(CCNc2nc3ccc(F)cc3s2)no1. The van der Waals surface area contributed by atoms with Crippen molar-refractivity contribution in [3.8, 4) is 0 Å². The third kappa shape index (κ3) is 2.70. The summed E-state index contributed by atoms with van der Waals surface area (Å²) in [6, 6.07) is 4.57. The van der Waals surface area contributed by atoms with E-state index >= 15 is 0 Å². The molecule has 0 radical (unpaired) electrons. The third-order valence-electron chi connectivity index (χ3n) is 2.54. The molecule has 2 aromatic heterocycles. The van der Waals surface area contributed by atoms with Gasteiger partial charge in [0, 0.05) is 19.9 Å². The number of nitrogens with one attached hydrogen (secondary N) is 1. The molecule has 1 aromatic carbocycles. The first kappa shape index (κ1) is 12.0.